The molecule has 4 nitrogen and oxygen atoms in total. The maximum Gasteiger partial charge on any atom is 0.336 e. The molecule has 70 valence electrons. The highest BCUT2D eigenvalue weighted by Crippen LogP contribution is 2.35. The van der Waals surface area contributed by atoms with Crippen molar-refractivity contribution in [1.82, 2.24) is 0 Å². The molecule has 3 N–H and O–H groups in total. The number of primary amides is 1. The van der Waals surface area contributed by atoms with Crippen LogP contribution in [0.5, 0.6) is 0 Å². The number of nitrogens with two attached hydrogens (primary N) is 1. The molecule has 0 saturated heterocycles. The van der Waals surface area contributed by atoms with E-state index in [1.807, 2.05) is 0 Å². The number of carbonyl (C=O) groups is 2. The minimum Gasteiger partial charge on any atom is -0.478 e. The number of hydrogen-bond donors (Lipinski definition) is 2. The average molecular weight is 189 g/mol. The molecule has 0 heterocycles. The number of carbonyl (C=O) groups excluding carboxylic acids is 1. The van der Waals surface area contributed by atoms with E-state index < -0.39 is 11.9 Å². The van der Waals surface area contributed by atoms with Crippen molar-refractivity contribution in [3.63, 3.8) is 0 Å². The van der Waals surface area contributed by atoms with Crippen molar-refractivity contribution >= 4 is 11.9 Å². The van der Waals surface area contributed by atoms with Gasteiger partial charge in [0.25, 0.3) is 0 Å². The highest BCUT2D eigenvalue weighted by atomic mass is 16.4. The molecule has 0 fully saturated rings. The summed E-state index contributed by atoms with van der Waals surface area (Å²) in [7, 11) is 0. The van der Waals surface area contributed by atoms with Gasteiger partial charge in [0.05, 0.1) is 5.57 Å². The van der Waals surface area contributed by atoms with Crippen LogP contribution in [0.1, 0.15) is 0 Å². The summed E-state index contributed by atoms with van der Waals surface area (Å²) in [5.74, 6) is -1.54. The molecular weight excluding hydrogens is 182 g/mol. The van der Waals surface area contributed by atoms with Crippen molar-refractivity contribution in [2.24, 2.45) is 5.73 Å². The first kappa shape index (κ1) is 8.50. The molecule has 0 aromatic carbocycles. The van der Waals surface area contributed by atoms with Gasteiger partial charge < -0.3 is 10.8 Å². The molecule has 0 aromatic heterocycles. The summed E-state index contributed by atoms with van der Waals surface area (Å²) in [6.45, 7) is 0. The Labute approximate surface area is 79.7 Å². The Morgan fingerprint density at radius 2 is 1.50 bits per heavy atom. The molecule has 1 amide bonds. The second-order valence-corrected chi connectivity index (χ2v) is 2.99. The number of carboxylic acids is 1. The molecule has 2 aliphatic carbocycles. The maximum absolute atomic E-state index is 10.9. The third-order valence-corrected chi connectivity index (χ3v) is 2.20. The van der Waals surface area contributed by atoms with Gasteiger partial charge in [-0.3, -0.25) is 4.79 Å². The molecule has 0 spiro atoms. The first-order valence-corrected chi connectivity index (χ1v) is 3.99. The van der Waals surface area contributed by atoms with Crippen LogP contribution in [0.25, 0.3) is 0 Å². The third-order valence-electron chi connectivity index (χ3n) is 2.20. The van der Waals surface area contributed by atoms with Crippen LogP contribution in [0.3, 0.4) is 0 Å². The topological polar surface area (TPSA) is 80.4 Å². The summed E-state index contributed by atoms with van der Waals surface area (Å²) >= 11 is 0. The van der Waals surface area contributed by atoms with Gasteiger partial charge in [-0.1, -0.05) is 12.2 Å². The van der Waals surface area contributed by atoms with Crippen LogP contribution < -0.4 is 5.73 Å². The minimum absolute atomic E-state index is 0.201. The van der Waals surface area contributed by atoms with Crippen LogP contribution in [0.2, 0.25) is 0 Å². The molecule has 4 heteroatoms. The summed E-state index contributed by atoms with van der Waals surface area (Å²) < 4.78 is 0. The lowest BCUT2D eigenvalue weighted by molar-refractivity contribution is -0.132. The Kier molecular flexibility index (Phi) is 1.64. The predicted molar refractivity (Wildman–Crippen MR) is 49.2 cm³/mol. The van der Waals surface area contributed by atoms with Gasteiger partial charge in [-0.2, -0.15) is 0 Å². The van der Waals surface area contributed by atoms with E-state index in [1.54, 1.807) is 18.2 Å². The Morgan fingerprint density at radius 3 is 2.00 bits per heavy atom. The number of fused-ring (bicyclic) bond motifs is 1. The zero-order chi connectivity index (χ0) is 10.3. The quantitative estimate of drug-likeness (QED) is 0.655. The van der Waals surface area contributed by atoms with Crippen molar-refractivity contribution in [2.45, 2.75) is 0 Å². The summed E-state index contributed by atoms with van der Waals surface area (Å²) in [6.07, 6.45) is 6.20. The van der Waals surface area contributed by atoms with Crippen LogP contribution in [0, 0.1) is 0 Å². The largest absolute Gasteiger partial charge is 0.478 e. The number of rotatable bonds is 2. The lowest BCUT2D eigenvalue weighted by Crippen LogP contribution is -2.14. The minimum atomic E-state index is -0.998. The molecule has 0 unspecified atom stereocenters. The predicted octanol–water partition coefficient (Wildman–Crippen LogP) is 0.289. The van der Waals surface area contributed by atoms with E-state index >= 15 is 0 Å². The van der Waals surface area contributed by atoms with Gasteiger partial charge in [-0.05, 0) is 23.3 Å². The summed E-state index contributed by atoms with van der Waals surface area (Å²) in [6, 6.07) is 0. The summed E-state index contributed by atoms with van der Waals surface area (Å²) in [5, 5.41) is 8.80. The van der Waals surface area contributed by atoms with Crippen molar-refractivity contribution in [3.8, 4) is 0 Å². The van der Waals surface area contributed by atoms with E-state index in [4.69, 9.17) is 10.8 Å². The van der Waals surface area contributed by atoms with Gasteiger partial charge in [0.2, 0.25) is 5.91 Å². The number of carboxylic acid groups (broad SMARTS) is 1. The monoisotopic (exact) mass is 189 g/mol. The number of hydrogen-bond acceptors (Lipinski definition) is 2. The first-order valence-electron chi connectivity index (χ1n) is 3.99. The number of aliphatic carboxylic acids is 1. The van der Waals surface area contributed by atoms with Crippen LogP contribution in [0.15, 0.2) is 46.6 Å². The standard InChI is InChI=1S/C10H7NO3/c11-9(12)7-3-1-6-5(7)2-4-8(6)10(13)14/h1-4H,(H2,11,12)(H,13,14). The molecule has 2 aliphatic rings. The SMILES string of the molecule is NC(=O)C1=CC=C2C(C(=O)O)=CC=C12. The van der Waals surface area contributed by atoms with Crippen LogP contribution in [0.4, 0.5) is 0 Å². The Bertz CT molecular complexity index is 420. The van der Waals surface area contributed by atoms with Gasteiger partial charge in [-0.15, -0.1) is 0 Å². The van der Waals surface area contributed by atoms with E-state index in [9.17, 15) is 9.59 Å². The highest BCUT2D eigenvalue weighted by Gasteiger charge is 2.28. The van der Waals surface area contributed by atoms with Gasteiger partial charge in [0.15, 0.2) is 0 Å². The Hall–Kier alpha value is -2.10. The lowest BCUT2D eigenvalue weighted by Gasteiger charge is -2.02. The molecule has 0 radical (unpaired) electrons. The summed E-state index contributed by atoms with van der Waals surface area (Å²) in [5.41, 5.74) is 6.86. The number of allylic oxidation sites excluding steroid dienone is 4. The van der Waals surface area contributed by atoms with Crippen molar-refractivity contribution < 1.29 is 14.7 Å². The van der Waals surface area contributed by atoms with E-state index in [1.165, 1.54) is 6.08 Å². The molecule has 0 saturated carbocycles. The zero-order valence-corrected chi connectivity index (χ0v) is 7.15. The van der Waals surface area contributed by atoms with Crippen molar-refractivity contribution in [1.29, 1.82) is 0 Å². The van der Waals surface area contributed by atoms with Crippen LogP contribution in [-0.4, -0.2) is 17.0 Å². The van der Waals surface area contributed by atoms with Crippen LogP contribution in [-0.2, 0) is 9.59 Å². The molecule has 0 bridgehead atoms. The van der Waals surface area contributed by atoms with Crippen LogP contribution >= 0.6 is 0 Å². The normalized spacial score (nSPS) is 18.0. The molecular formula is C10H7NO3. The smallest absolute Gasteiger partial charge is 0.336 e. The molecule has 2 rings (SSSR count). The van der Waals surface area contributed by atoms with Crippen molar-refractivity contribution in [2.75, 3.05) is 0 Å². The fourth-order valence-electron chi connectivity index (χ4n) is 1.56. The fourth-order valence-corrected chi connectivity index (χ4v) is 1.56. The fraction of sp³-hybridized carbons (Fsp3) is 0. The Morgan fingerprint density at radius 1 is 1.00 bits per heavy atom. The first-order chi connectivity index (χ1) is 6.61. The van der Waals surface area contributed by atoms with Gasteiger partial charge in [0, 0.05) is 5.57 Å². The van der Waals surface area contributed by atoms with E-state index in [0.29, 0.717) is 16.7 Å². The molecule has 0 aromatic rings. The summed E-state index contributed by atoms with van der Waals surface area (Å²) in [4.78, 5) is 21.7. The highest BCUT2D eigenvalue weighted by molar-refractivity contribution is 6.05. The lowest BCUT2D eigenvalue weighted by atomic mass is 10.0. The second kappa shape index (κ2) is 2.70. The van der Waals surface area contributed by atoms with Gasteiger partial charge >= 0.3 is 5.97 Å². The van der Waals surface area contributed by atoms with E-state index in [2.05, 4.69) is 0 Å². The van der Waals surface area contributed by atoms with E-state index in [0.717, 1.165) is 0 Å². The zero-order valence-electron chi connectivity index (χ0n) is 7.15. The molecule has 14 heavy (non-hydrogen) atoms. The third kappa shape index (κ3) is 1.01. The van der Waals surface area contributed by atoms with E-state index in [-0.39, 0.29) is 5.57 Å². The van der Waals surface area contributed by atoms with Gasteiger partial charge in [0.1, 0.15) is 0 Å². The van der Waals surface area contributed by atoms with Crippen molar-refractivity contribution in [3.05, 3.63) is 46.6 Å². The maximum atomic E-state index is 10.9. The molecule has 0 aliphatic heterocycles. The molecule has 0 atom stereocenters. The number of amides is 1. The Balaban J connectivity index is 2.35. The average Bonchev–Trinajstić information content (AvgIpc) is 2.59. The second-order valence-electron chi connectivity index (χ2n) is 2.99. The van der Waals surface area contributed by atoms with Gasteiger partial charge in [-0.25, -0.2) is 4.79 Å².